The van der Waals surface area contributed by atoms with E-state index < -0.39 is 11.9 Å². The Morgan fingerprint density at radius 2 is 1.67 bits per heavy atom. The van der Waals surface area contributed by atoms with Gasteiger partial charge in [-0.2, -0.15) is 0 Å². The third kappa shape index (κ3) is 12.5. The van der Waals surface area contributed by atoms with Crippen molar-refractivity contribution < 1.29 is 14.4 Å². The van der Waals surface area contributed by atoms with Gasteiger partial charge >= 0.3 is 0 Å². The van der Waals surface area contributed by atoms with Gasteiger partial charge in [0, 0.05) is 32.4 Å². The quantitative estimate of drug-likeness (QED) is 0.0529. The lowest BCUT2D eigenvalue weighted by atomic mass is 10.0. The molecule has 182 valence electrons. The Kier molecular flexibility index (Phi) is 13.1. The van der Waals surface area contributed by atoms with Crippen LogP contribution in [-0.4, -0.2) is 48.8 Å². The van der Waals surface area contributed by atoms with E-state index in [0.29, 0.717) is 32.4 Å². The molecule has 3 amide bonds. The van der Waals surface area contributed by atoms with Gasteiger partial charge in [0.25, 0.3) is 0 Å². The van der Waals surface area contributed by atoms with E-state index in [1.165, 1.54) is 0 Å². The fraction of sp³-hybridized carbons (Fsp3) is 0.450. The van der Waals surface area contributed by atoms with E-state index >= 15 is 0 Å². The second-order valence-corrected chi connectivity index (χ2v) is 7.14. The first-order valence-electron chi connectivity index (χ1n) is 10.6. The minimum atomic E-state index is -0.746. The lowest BCUT2D eigenvalue weighted by Gasteiger charge is -2.19. The maximum atomic E-state index is 12.7. The van der Waals surface area contributed by atoms with Gasteiger partial charge in [-0.05, 0) is 24.8 Å². The Morgan fingerprint density at radius 3 is 2.30 bits per heavy atom. The Labute approximate surface area is 192 Å². The summed E-state index contributed by atoms with van der Waals surface area (Å²) in [7, 11) is 0. The predicted molar refractivity (Wildman–Crippen MR) is 126 cm³/mol. The summed E-state index contributed by atoms with van der Waals surface area (Å²) >= 11 is 0. The first kappa shape index (κ1) is 27.2. The van der Waals surface area contributed by atoms with E-state index in [2.05, 4.69) is 31.5 Å². The van der Waals surface area contributed by atoms with Gasteiger partial charge in [-0.1, -0.05) is 30.3 Å². The fourth-order valence-electron chi connectivity index (χ4n) is 2.82. The van der Waals surface area contributed by atoms with Crippen LogP contribution in [0.4, 0.5) is 0 Å². The molecule has 1 atom stereocenters. The second-order valence-electron chi connectivity index (χ2n) is 7.14. The number of carbonyl (C=O) groups excluding carboxylic acids is 3. The van der Waals surface area contributed by atoms with Crippen molar-refractivity contribution in [3.63, 3.8) is 0 Å². The van der Waals surface area contributed by atoms with Crippen LogP contribution >= 0.6 is 0 Å². The molecular formula is C20H34N10O3. The van der Waals surface area contributed by atoms with E-state index in [9.17, 15) is 14.4 Å². The summed E-state index contributed by atoms with van der Waals surface area (Å²) in [5.41, 5.74) is 13.6. The highest BCUT2D eigenvalue weighted by molar-refractivity contribution is 5.96. The van der Waals surface area contributed by atoms with E-state index in [4.69, 9.17) is 23.2 Å². The number of hydrogen-bond donors (Lipinski definition) is 8. The number of carbonyl (C=O) groups is 3. The number of benzene rings is 1. The number of guanidine groups is 2. The summed E-state index contributed by atoms with van der Waals surface area (Å²) in [6.07, 6.45) is 2.13. The van der Waals surface area contributed by atoms with Crippen LogP contribution in [0, 0.1) is 0 Å². The average molecular weight is 463 g/mol. The van der Waals surface area contributed by atoms with Gasteiger partial charge in [0.15, 0.2) is 5.96 Å². The van der Waals surface area contributed by atoms with E-state index in [1.54, 1.807) is 0 Å². The number of unbranched alkanes of at least 4 members (excludes halogenated alkanes) is 1. The Bertz CT molecular complexity index is 810. The molecule has 0 bridgehead atoms. The first-order valence-corrected chi connectivity index (χ1v) is 10.6. The highest BCUT2D eigenvalue weighted by Gasteiger charge is 2.21. The summed E-state index contributed by atoms with van der Waals surface area (Å²) in [6, 6.07) is 8.62. The Morgan fingerprint density at radius 1 is 0.970 bits per heavy atom. The maximum absolute atomic E-state index is 12.7. The number of nitrogens with two attached hydrogens (primary N) is 4. The summed E-state index contributed by atoms with van der Waals surface area (Å²) in [4.78, 5) is 40.8. The molecule has 1 unspecified atom stereocenters. The monoisotopic (exact) mass is 462 g/mol. The average Bonchev–Trinajstić information content (AvgIpc) is 2.79. The molecule has 0 radical (unpaired) electrons. The molecule has 0 saturated heterocycles. The van der Waals surface area contributed by atoms with Gasteiger partial charge < -0.3 is 27.9 Å². The fourth-order valence-corrected chi connectivity index (χ4v) is 2.82. The molecule has 0 spiro atoms. The molecule has 1 aromatic carbocycles. The number of hydrogen-bond acceptors (Lipinski definition) is 7. The SMILES string of the molecule is N/N=C(\NN)NC(=O)CCCC(=O)NC(Cc1ccccc1)C(=O)NCCCCN=C(N)N. The third-order valence-corrected chi connectivity index (χ3v) is 4.44. The zero-order valence-electron chi connectivity index (χ0n) is 18.5. The number of rotatable bonds is 13. The van der Waals surface area contributed by atoms with Crippen molar-refractivity contribution in [2.45, 2.75) is 44.6 Å². The largest absolute Gasteiger partial charge is 0.370 e. The van der Waals surface area contributed by atoms with Gasteiger partial charge in [0.1, 0.15) is 6.04 Å². The summed E-state index contributed by atoms with van der Waals surface area (Å²) < 4.78 is 0. The molecule has 1 rings (SSSR count). The lowest BCUT2D eigenvalue weighted by molar-refractivity contribution is -0.129. The van der Waals surface area contributed by atoms with Gasteiger partial charge in [-0.3, -0.25) is 30.1 Å². The van der Waals surface area contributed by atoms with E-state index in [-0.39, 0.29) is 43.0 Å². The molecule has 33 heavy (non-hydrogen) atoms. The van der Waals surface area contributed by atoms with Crippen LogP contribution in [0.15, 0.2) is 40.4 Å². The van der Waals surface area contributed by atoms with Gasteiger partial charge in [-0.15, -0.1) is 5.10 Å². The molecular weight excluding hydrogens is 428 g/mol. The molecule has 12 N–H and O–H groups in total. The smallest absolute Gasteiger partial charge is 0.242 e. The van der Waals surface area contributed by atoms with Crippen LogP contribution in [-0.2, 0) is 20.8 Å². The number of aliphatic imine (C=N–C) groups is 1. The van der Waals surface area contributed by atoms with Crippen LogP contribution in [0.1, 0.15) is 37.7 Å². The summed E-state index contributed by atoms with van der Waals surface area (Å²) in [5.74, 6) is 9.10. The van der Waals surface area contributed by atoms with Crippen molar-refractivity contribution >= 4 is 29.6 Å². The number of hydrazone groups is 1. The third-order valence-electron chi connectivity index (χ3n) is 4.44. The van der Waals surface area contributed by atoms with Crippen molar-refractivity contribution in [2.75, 3.05) is 13.1 Å². The molecule has 0 aliphatic heterocycles. The molecule has 0 aromatic heterocycles. The number of hydrazine groups is 1. The predicted octanol–water partition coefficient (Wildman–Crippen LogP) is -2.14. The molecule has 0 aliphatic rings. The molecule has 0 saturated carbocycles. The summed E-state index contributed by atoms with van der Waals surface area (Å²) in [6.45, 7) is 0.913. The number of nitrogens with one attached hydrogen (secondary N) is 4. The van der Waals surface area contributed by atoms with Crippen molar-refractivity contribution in [2.24, 2.45) is 33.2 Å². The molecule has 0 aliphatic carbocycles. The van der Waals surface area contributed by atoms with Crippen LogP contribution < -0.4 is 44.5 Å². The van der Waals surface area contributed by atoms with E-state index in [0.717, 1.165) is 5.56 Å². The van der Waals surface area contributed by atoms with Crippen molar-refractivity contribution in [1.82, 2.24) is 21.4 Å². The minimum Gasteiger partial charge on any atom is -0.370 e. The highest BCUT2D eigenvalue weighted by atomic mass is 16.2. The van der Waals surface area contributed by atoms with Crippen molar-refractivity contribution in [3.05, 3.63) is 35.9 Å². The van der Waals surface area contributed by atoms with Crippen LogP contribution in [0.2, 0.25) is 0 Å². The Hall–Kier alpha value is -3.87. The molecule has 13 heteroatoms. The van der Waals surface area contributed by atoms with Gasteiger partial charge in [-0.25, -0.2) is 5.84 Å². The van der Waals surface area contributed by atoms with Gasteiger partial charge in [0.05, 0.1) is 0 Å². The van der Waals surface area contributed by atoms with Crippen LogP contribution in [0.5, 0.6) is 0 Å². The number of nitrogens with zero attached hydrogens (tertiary/aromatic N) is 2. The normalized spacial score (nSPS) is 11.7. The molecule has 13 nitrogen and oxygen atoms in total. The molecule has 1 aromatic rings. The topological polar surface area (TPSA) is 228 Å². The van der Waals surface area contributed by atoms with Crippen LogP contribution in [0.3, 0.4) is 0 Å². The summed E-state index contributed by atoms with van der Waals surface area (Å²) in [5, 5.41) is 11.2. The molecule has 0 fully saturated rings. The first-order chi connectivity index (χ1) is 15.8. The van der Waals surface area contributed by atoms with Crippen molar-refractivity contribution in [1.29, 1.82) is 0 Å². The number of amides is 3. The second kappa shape index (κ2) is 15.9. The minimum absolute atomic E-state index is 0.0335. The van der Waals surface area contributed by atoms with Gasteiger partial charge in [0.2, 0.25) is 23.7 Å². The lowest BCUT2D eigenvalue weighted by Crippen LogP contribution is -2.48. The van der Waals surface area contributed by atoms with Crippen molar-refractivity contribution in [3.8, 4) is 0 Å². The molecule has 0 heterocycles. The maximum Gasteiger partial charge on any atom is 0.242 e. The van der Waals surface area contributed by atoms with Crippen LogP contribution in [0.25, 0.3) is 0 Å². The Balaban J connectivity index is 2.54. The highest BCUT2D eigenvalue weighted by Crippen LogP contribution is 2.05. The zero-order valence-corrected chi connectivity index (χ0v) is 18.5. The van der Waals surface area contributed by atoms with E-state index in [1.807, 2.05) is 30.3 Å². The standard InChI is InChI=1S/C20H34N10O3/c21-19(22)26-12-5-4-11-25-18(33)15(13-14-7-2-1-3-8-14)27-16(31)9-6-10-17(32)28-20(29-23)30-24/h1-3,7-8,15H,4-6,9-13,23-24H2,(H,25,33)(H,27,31)(H4,21,22,26)(H2,28,29,30,32). The zero-order chi connectivity index (χ0) is 24.5.